The number of aliphatic hydroxyl groups is 1. The van der Waals surface area contributed by atoms with Gasteiger partial charge in [0.15, 0.2) is 5.41 Å². The van der Waals surface area contributed by atoms with E-state index in [-0.39, 0.29) is 13.2 Å². The van der Waals surface area contributed by atoms with Gasteiger partial charge in [0.1, 0.15) is 0 Å². The second kappa shape index (κ2) is 5.30. The summed E-state index contributed by atoms with van der Waals surface area (Å²) in [5.41, 5.74) is -1.49. The molecule has 0 aliphatic heterocycles. The van der Waals surface area contributed by atoms with Crippen LogP contribution in [0.5, 0.6) is 0 Å². The van der Waals surface area contributed by atoms with Gasteiger partial charge in [-0.15, -0.1) is 0 Å². The van der Waals surface area contributed by atoms with Gasteiger partial charge in [0.2, 0.25) is 0 Å². The highest BCUT2D eigenvalue weighted by Crippen LogP contribution is 2.40. The Morgan fingerprint density at radius 2 is 1.75 bits per heavy atom. The summed E-state index contributed by atoms with van der Waals surface area (Å²) in [7, 11) is 0. The van der Waals surface area contributed by atoms with Crippen LogP contribution in [0.25, 0.3) is 0 Å². The number of aliphatic hydroxyl groups excluding tert-OH is 1. The van der Waals surface area contributed by atoms with Gasteiger partial charge in [-0.2, -0.15) is 0 Å². The van der Waals surface area contributed by atoms with Gasteiger partial charge in [0.25, 0.3) is 0 Å². The molecule has 92 valence electrons. The van der Waals surface area contributed by atoms with Crippen molar-refractivity contribution in [3.63, 3.8) is 0 Å². The molecule has 0 bridgehead atoms. The molecular weight excluding hydrogens is 212 g/mol. The lowest BCUT2D eigenvalue weighted by Crippen LogP contribution is -2.47. The Labute approximate surface area is 94.7 Å². The summed E-state index contributed by atoms with van der Waals surface area (Å²) in [6.07, 6.45) is 0.355. The monoisotopic (exact) mass is 230 g/mol. The SMILES string of the molecule is CCOC(=O)C1(C(=O)OCC)CCCC1O. The first kappa shape index (κ1) is 13.0. The molecule has 1 atom stereocenters. The maximum atomic E-state index is 11.8. The first-order chi connectivity index (χ1) is 7.59. The number of carbonyl (C=O) groups is 2. The zero-order valence-corrected chi connectivity index (χ0v) is 9.69. The smallest absolute Gasteiger partial charge is 0.326 e. The van der Waals surface area contributed by atoms with Crippen molar-refractivity contribution < 1.29 is 24.2 Å². The quantitative estimate of drug-likeness (QED) is 0.567. The highest BCUT2D eigenvalue weighted by atomic mass is 16.6. The van der Waals surface area contributed by atoms with Crippen molar-refractivity contribution in [3.8, 4) is 0 Å². The van der Waals surface area contributed by atoms with Gasteiger partial charge >= 0.3 is 11.9 Å². The first-order valence-corrected chi connectivity index (χ1v) is 5.62. The number of carbonyl (C=O) groups excluding carboxylic acids is 2. The van der Waals surface area contributed by atoms with Crippen LogP contribution in [0.15, 0.2) is 0 Å². The van der Waals surface area contributed by atoms with E-state index < -0.39 is 23.5 Å². The van der Waals surface area contributed by atoms with E-state index >= 15 is 0 Å². The second-order valence-corrected chi connectivity index (χ2v) is 3.82. The molecule has 0 amide bonds. The standard InChI is InChI=1S/C11H18O5/c1-3-15-9(13)11(10(14)16-4-2)7-5-6-8(11)12/h8,12H,3-7H2,1-2H3. The van der Waals surface area contributed by atoms with Crippen LogP contribution < -0.4 is 0 Å². The van der Waals surface area contributed by atoms with E-state index in [1.165, 1.54) is 0 Å². The molecule has 16 heavy (non-hydrogen) atoms. The van der Waals surface area contributed by atoms with Crippen molar-refractivity contribution in [1.82, 2.24) is 0 Å². The molecule has 1 rings (SSSR count). The van der Waals surface area contributed by atoms with Crippen molar-refractivity contribution in [2.75, 3.05) is 13.2 Å². The summed E-state index contributed by atoms with van der Waals surface area (Å²) >= 11 is 0. The molecule has 0 heterocycles. The molecule has 1 unspecified atom stereocenters. The molecule has 1 aliphatic rings. The van der Waals surface area contributed by atoms with Gasteiger partial charge < -0.3 is 14.6 Å². The molecule has 1 saturated carbocycles. The Balaban J connectivity index is 2.92. The summed E-state index contributed by atoms with van der Waals surface area (Å²) in [6, 6.07) is 0. The van der Waals surface area contributed by atoms with E-state index in [1.807, 2.05) is 0 Å². The van der Waals surface area contributed by atoms with Crippen LogP contribution in [0.3, 0.4) is 0 Å². The van der Waals surface area contributed by atoms with Crippen LogP contribution in [0.1, 0.15) is 33.1 Å². The number of ether oxygens (including phenoxy) is 2. The molecule has 0 aromatic carbocycles. The molecule has 0 spiro atoms. The van der Waals surface area contributed by atoms with Gasteiger partial charge in [0.05, 0.1) is 19.3 Å². The first-order valence-electron chi connectivity index (χ1n) is 5.62. The lowest BCUT2D eigenvalue weighted by molar-refractivity contribution is -0.178. The number of hydrogen-bond donors (Lipinski definition) is 1. The molecule has 1 aliphatic carbocycles. The third kappa shape index (κ3) is 2.04. The molecule has 5 heteroatoms. The minimum absolute atomic E-state index is 0.187. The normalized spacial score (nSPS) is 22.8. The molecule has 1 fully saturated rings. The maximum Gasteiger partial charge on any atom is 0.326 e. The van der Waals surface area contributed by atoms with Crippen molar-refractivity contribution >= 4 is 11.9 Å². The Hall–Kier alpha value is -1.10. The maximum absolute atomic E-state index is 11.8. The van der Waals surface area contributed by atoms with E-state index in [4.69, 9.17) is 9.47 Å². The molecule has 0 aromatic rings. The highest BCUT2D eigenvalue weighted by Gasteiger charge is 2.57. The minimum Gasteiger partial charge on any atom is -0.465 e. The van der Waals surface area contributed by atoms with E-state index in [9.17, 15) is 14.7 Å². The van der Waals surface area contributed by atoms with Gasteiger partial charge in [0, 0.05) is 0 Å². The Morgan fingerprint density at radius 3 is 2.06 bits per heavy atom. The van der Waals surface area contributed by atoms with Crippen molar-refractivity contribution in [1.29, 1.82) is 0 Å². The summed E-state index contributed by atoms with van der Waals surface area (Å²) in [5.74, 6) is -1.34. The Morgan fingerprint density at radius 1 is 1.25 bits per heavy atom. The van der Waals surface area contributed by atoms with E-state index in [0.29, 0.717) is 19.3 Å². The van der Waals surface area contributed by atoms with Crippen LogP contribution in [-0.4, -0.2) is 36.4 Å². The minimum atomic E-state index is -1.49. The van der Waals surface area contributed by atoms with Crippen LogP contribution in [-0.2, 0) is 19.1 Å². The van der Waals surface area contributed by atoms with Crippen molar-refractivity contribution in [2.24, 2.45) is 5.41 Å². The fraction of sp³-hybridized carbons (Fsp3) is 0.818. The van der Waals surface area contributed by atoms with Crippen molar-refractivity contribution in [3.05, 3.63) is 0 Å². The predicted molar refractivity (Wildman–Crippen MR) is 55.6 cm³/mol. The van der Waals surface area contributed by atoms with Crippen molar-refractivity contribution in [2.45, 2.75) is 39.2 Å². The molecule has 0 radical (unpaired) electrons. The zero-order chi connectivity index (χ0) is 12.2. The van der Waals surface area contributed by atoms with E-state index in [1.54, 1.807) is 13.8 Å². The average Bonchev–Trinajstić information content (AvgIpc) is 2.62. The molecule has 5 nitrogen and oxygen atoms in total. The van der Waals surface area contributed by atoms with E-state index in [2.05, 4.69) is 0 Å². The molecule has 1 N–H and O–H groups in total. The molecule has 0 aromatic heterocycles. The van der Waals surface area contributed by atoms with Gasteiger partial charge in [-0.1, -0.05) is 0 Å². The topological polar surface area (TPSA) is 72.8 Å². The fourth-order valence-corrected chi connectivity index (χ4v) is 2.07. The second-order valence-electron chi connectivity index (χ2n) is 3.82. The third-order valence-electron chi connectivity index (χ3n) is 2.90. The summed E-state index contributed by atoms with van der Waals surface area (Å²) in [4.78, 5) is 23.6. The average molecular weight is 230 g/mol. The highest BCUT2D eigenvalue weighted by molar-refractivity contribution is 6.01. The zero-order valence-electron chi connectivity index (χ0n) is 9.69. The van der Waals surface area contributed by atoms with Crippen LogP contribution in [0.4, 0.5) is 0 Å². The largest absolute Gasteiger partial charge is 0.465 e. The van der Waals surface area contributed by atoms with Crippen LogP contribution in [0.2, 0.25) is 0 Å². The van der Waals surface area contributed by atoms with Crippen LogP contribution in [0, 0.1) is 5.41 Å². The van der Waals surface area contributed by atoms with Gasteiger partial charge in [-0.05, 0) is 33.1 Å². The predicted octanol–water partition coefficient (Wildman–Crippen LogP) is 0.644. The number of hydrogen-bond acceptors (Lipinski definition) is 5. The summed E-state index contributed by atoms with van der Waals surface area (Å²) in [5, 5.41) is 9.83. The van der Waals surface area contributed by atoms with E-state index in [0.717, 1.165) is 0 Å². The Bertz CT molecular complexity index is 256. The molecule has 0 saturated heterocycles. The van der Waals surface area contributed by atoms with Crippen LogP contribution >= 0.6 is 0 Å². The van der Waals surface area contributed by atoms with Gasteiger partial charge in [-0.3, -0.25) is 9.59 Å². The molecular formula is C11H18O5. The lowest BCUT2D eigenvalue weighted by Gasteiger charge is -2.27. The summed E-state index contributed by atoms with van der Waals surface area (Å²) in [6.45, 7) is 3.70. The third-order valence-corrected chi connectivity index (χ3v) is 2.90. The summed E-state index contributed by atoms with van der Waals surface area (Å²) < 4.78 is 9.73. The van der Waals surface area contributed by atoms with Gasteiger partial charge in [-0.25, -0.2) is 0 Å². The fourth-order valence-electron chi connectivity index (χ4n) is 2.07. The lowest BCUT2D eigenvalue weighted by atomic mass is 9.84. The Kier molecular flexibility index (Phi) is 4.29. The number of esters is 2. The number of rotatable bonds is 4.